The quantitative estimate of drug-likeness (QED) is 0.781. The van der Waals surface area contributed by atoms with Gasteiger partial charge >= 0.3 is 0 Å². The molecule has 0 fully saturated rings. The first-order valence-electron chi connectivity index (χ1n) is 5.03. The summed E-state index contributed by atoms with van der Waals surface area (Å²) < 4.78 is 2.26. The van der Waals surface area contributed by atoms with Crippen molar-refractivity contribution in [2.45, 2.75) is 13.0 Å². The normalized spacial score (nSPS) is 10.6. The van der Waals surface area contributed by atoms with E-state index in [1.54, 1.807) is 0 Å². The lowest BCUT2D eigenvalue weighted by atomic mass is 10.2. The Kier molecular flexibility index (Phi) is 6.48. The van der Waals surface area contributed by atoms with Crippen molar-refractivity contribution in [2.75, 3.05) is 20.1 Å². The molecule has 84 valence electrons. The third-order valence-corrected chi connectivity index (χ3v) is 3.34. The van der Waals surface area contributed by atoms with Gasteiger partial charge < -0.3 is 10.6 Å². The molecule has 1 aromatic carbocycles. The minimum Gasteiger partial charge on any atom is -0.320 e. The average Bonchev–Trinajstić information content (AvgIpc) is 2.20. The van der Waals surface area contributed by atoms with Crippen molar-refractivity contribution >= 4 is 31.9 Å². The van der Waals surface area contributed by atoms with Crippen LogP contribution in [0.4, 0.5) is 0 Å². The van der Waals surface area contributed by atoms with E-state index in [1.807, 2.05) is 7.05 Å². The van der Waals surface area contributed by atoms with Gasteiger partial charge in [-0.1, -0.05) is 37.9 Å². The van der Waals surface area contributed by atoms with Crippen LogP contribution >= 0.6 is 31.9 Å². The van der Waals surface area contributed by atoms with Crippen LogP contribution in [0.25, 0.3) is 0 Å². The fraction of sp³-hybridized carbons (Fsp3) is 0.455. The van der Waals surface area contributed by atoms with Gasteiger partial charge in [0, 0.05) is 15.5 Å². The Morgan fingerprint density at radius 2 is 2.00 bits per heavy atom. The van der Waals surface area contributed by atoms with Gasteiger partial charge in [0.1, 0.15) is 0 Å². The van der Waals surface area contributed by atoms with E-state index < -0.39 is 0 Å². The van der Waals surface area contributed by atoms with Gasteiger partial charge in [-0.3, -0.25) is 0 Å². The van der Waals surface area contributed by atoms with E-state index in [1.165, 1.54) is 5.56 Å². The lowest BCUT2D eigenvalue weighted by molar-refractivity contribution is 0.624. The van der Waals surface area contributed by atoms with Crippen LogP contribution in [0.3, 0.4) is 0 Å². The maximum atomic E-state index is 3.55. The summed E-state index contributed by atoms with van der Waals surface area (Å²) in [5.74, 6) is 0. The van der Waals surface area contributed by atoms with E-state index in [2.05, 4.69) is 60.7 Å². The van der Waals surface area contributed by atoms with Gasteiger partial charge in [-0.05, 0) is 44.3 Å². The molecule has 1 aromatic rings. The van der Waals surface area contributed by atoms with Crippen LogP contribution in [0.1, 0.15) is 12.0 Å². The molecular weight excluding hydrogens is 320 g/mol. The Balaban J connectivity index is 2.31. The lowest BCUT2D eigenvalue weighted by Gasteiger charge is -2.07. The van der Waals surface area contributed by atoms with Crippen molar-refractivity contribution in [1.29, 1.82) is 0 Å². The zero-order valence-corrected chi connectivity index (χ0v) is 12.0. The average molecular weight is 336 g/mol. The van der Waals surface area contributed by atoms with Gasteiger partial charge in [-0.2, -0.15) is 0 Å². The van der Waals surface area contributed by atoms with Gasteiger partial charge in [0.05, 0.1) is 0 Å². The number of benzene rings is 1. The molecule has 0 saturated carbocycles. The number of halogens is 2. The van der Waals surface area contributed by atoms with E-state index in [-0.39, 0.29) is 0 Å². The van der Waals surface area contributed by atoms with Crippen LogP contribution in [0.2, 0.25) is 0 Å². The lowest BCUT2D eigenvalue weighted by Crippen LogP contribution is -2.19. The Morgan fingerprint density at radius 1 is 1.20 bits per heavy atom. The summed E-state index contributed by atoms with van der Waals surface area (Å²) in [6.45, 7) is 3.02. The molecule has 0 aliphatic rings. The standard InChI is InChI=1S/C11H16Br2N2/c1-14-5-2-6-15-8-9-3-4-10(12)7-11(9)13/h3-4,7,14-15H,2,5-6,8H2,1H3. The van der Waals surface area contributed by atoms with Crippen LogP contribution < -0.4 is 10.6 Å². The van der Waals surface area contributed by atoms with E-state index in [9.17, 15) is 0 Å². The second kappa shape index (κ2) is 7.39. The number of hydrogen-bond donors (Lipinski definition) is 2. The molecule has 0 radical (unpaired) electrons. The fourth-order valence-electron chi connectivity index (χ4n) is 1.28. The molecule has 0 heterocycles. The van der Waals surface area contributed by atoms with Crippen LogP contribution in [-0.2, 0) is 6.54 Å². The Labute approximate surface area is 108 Å². The van der Waals surface area contributed by atoms with Crippen LogP contribution in [-0.4, -0.2) is 20.1 Å². The molecule has 0 unspecified atom stereocenters. The molecule has 2 nitrogen and oxygen atoms in total. The second-order valence-electron chi connectivity index (χ2n) is 3.37. The van der Waals surface area contributed by atoms with E-state index in [0.717, 1.165) is 35.0 Å². The Bertz CT molecular complexity index is 303. The summed E-state index contributed by atoms with van der Waals surface area (Å²) in [7, 11) is 1.98. The summed E-state index contributed by atoms with van der Waals surface area (Å²) in [6, 6.07) is 6.26. The maximum Gasteiger partial charge on any atom is 0.0231 e. The Hall–Kier alpha value is 0.1000. The molecule has 0 amide bonds. The third kappa shape index (κ3) is 5.11. The maximum absolute atomic E-state index is 3.55. The summed E-state index contributed by atoms with van der Waals surface area (Å²) in [4.78, 5) is 0. The van der Waals surface area contributed by atoms with Gasteiger partial charge in [-0.25, -0.2) is 0 Å². The molecule has 2 N–H and O–H groups in total. The molecule has 4 heteroatoms. The van der Waals surface area contributed by atoms with Crippen molar-refractivity contribution < 1.29 is 0 Å². The fourth-order valence-corrected chi connectivity index (χ4v) is 2.47. The smallest absolute Gasteiger partial charge is 0.0231 e. The monoisotopic (exact) mass is 334 g/mol. The molecule has 0 aliphatic carbocycles. The summed E-state index contributed by atoms with van der Waals surface area (Å²) in [5.41, 5.74) is 1.29. The van der Waals surface area contributed by atoms with Crippen molar-refractivity contribution in [3.8, 4) is 0 Å². The van der Waals surface area contributed by atoms with Gasteiger partial charge in [-0.15, -0.1) is 0 Å². The third-order valence-electron chi connectivity index (χ3n) is 2.11. The highest BCUT2D eigenvalue weighted by atomic mass is 79.9. The molecule has 0 bridgehead atoms. The van der Waals surface area contributed by atoms with E-state index >= 15 is 0 Å². The number of hydrogen-bond acceptors (Lipinski definition) is 2. The highest BCUT2D eigenvalue weighted by Crippen LogP contribution is 2.21. The zero-order valence-electron chi connectivity index (χ0n) is 8.82. The second-order valence-corrected chi connectivity index (χ2v) is 5.14. The van der Waals surface area contributed by atoms with Crippen molar-refractivity contribution in [2.24, 2.45) is 0 Å². The predicted molar refractivity (Wildman–Crippen MR) is 72.1 cm³/mol. The van der Waals surface area contributed by atoms with Crippen molar-refractivity contribution in [3.63, 3.8) is 0 Å². The minimum atomic E-state index is 0.914. The van der Waals surface area contributed by atoms with E-state index in [0.29, 0.717) is 0 Å². The molecule has 0 aliphatic heterocycles. The minimum absolute atomic E-state index is 0.914. The SMILES string of the molecule is CNCCCNCc1ccc(Br)cc1Br. The first-order chi connectivity index (χ1) is 7.24. The summed E-state index contributed by atoms with van der Waals surface area (Å²) in [5, 5.41) is 6.54. The zero-order chi connectivity index (χ0) is 11.1. The molecular formula is C11H16Br2N2. The molecule has 1 rings (SSSR count). The predicted octanol–water partition coefficient (Wildman–Crippen LogP) is 2.91. The summed E-state index contributed by atoms with van der Waals surface area (Å²) in [6.07, 6.45) is 1.16. The molecule has 0 aromatic heterocycles. The highest BCUT2D eigenvalue weighted by molar-refractivity contribution is 9.11. The molecule has 0 spiro atoms. The number of rotatable bonds is 6. The van der Waals surface area contributed by atoms with Gasteiger partial charge in [0.15, 0.2) is 0 Å². The van der Waals surface area contributed by atoms with Gasteiger partial charge in [0.25, 0.3) is 0 Å². The number of nitrogens with one attached hydrogen (secondary N) is 2. The topological polar surface area (TPSA) is 24.1 Å². The van der Waals surface area contributed by atoms with Crippen molar-refractivity contribution in [3.05, 3.63) is 32.7 Å². The molecule has 15 heavy (non-hydrogen) atoms. The van der Waals surface area contributed by atoms with Gasteiger partial charge in [0.2, 0.25) is 0 Å². The summed E-state index contributed by atoms with van der Waals surface area (Å²) >= 11 is 6.99. The van der Waals surface area contributed by atoms with E-state index in [4.69, 9.17) is 0 Å². The Morgan fingerprint density at radius 3 is 2.67 bits per heavy atom. The highest BCUT2D eigenvalue weighted by Gasteiger charge is 1.99. The largest absolute Gasteiger partial charge is 0.320 e. The van der Waals surface area contributed by atoms with Crippen LogP contribution in [0.5, 0.6) is 0 Å². The van der Waals surface area contributed by atoms with Crippen molar-refractivity contribution in [1.82, 2.24) is 10.6 Å². The first-order valence-corrected chi connectivity index (χ1v) is 6.62. The first kappa shape index (κ1) is 13.2. The van der Waals surface area contributed by atoms with Crippen LogP contribution in [0.15, 0.2) is 27.1 Å². The van der Waals surface area contributed by atoms with Crippen LogP contribution in [0, 0.1) is 0 Å². The molecule has 0 atom stereocenters. The molecule has 0 saturated heterocycles.